The molecule has 0 bridgehead atoms. The fourth-order valence-electron chi connectivity index (χ4n) is 1.44. The van der Waals surface area contributed by atoms with Gasteiger partial charge in [-0.05, 0) is 36.8 Å². The number of aryl methyl sites for hydroxylation is 1. The van der Waals surface area contributed by atoms with Crippen molar-refractivity contribution >= 4 is 22.9 Å². The van der Waals surface area contributed by atoms with Crippen molar-refractivity contribution in [3.63, 3.8) is 0 Å². The molecule has 2 N–H and O–H groups in total. The Morgan fingerprint density at radius 3 is 2.47 bits per heavy atom. The van der Waals surface area contributed by atoms with E-state index in [1.54, 1.807) is 24.3 Å². The van der Waals surface area contributed by atoms with E-state index in [1.165, 1.54) is 11.3 Å². The second kappa shape index (κ2) is 5.12. The predicted octanol–water partition coefficient (Wildman–Crippen LogP) is 2.80. The third kappa shape index (κ3) is 2.93. The molecule has 0 radical (unpaired) electrons. The Hall–Kier alpha value is -1.65. The number of nitrogens with one attached hydrogen (secondary N) is 1. The lowest BCUT2D eigenvalue weighted by Gasteiger charge is -2.04. The van der Waals surface area contributed by atoms with Crippen molar-refractivity contribution < 1.29 is 9.90 Å². The quantitative estimate of drug-likeness (QED) is 0.876. The Balaban J connectivity index is 2.07. The average Bonchev–Trinajstić information content (AvgIpc) is 2.77. The van der Waals surface area contributed by atoms with Crippen molar-refractivity contribution in [3.05, 3.63) is 51.7 Å². The van der Waals surface area contributed by atoms with E-state index in [-0.39, 0.29) is 12.5 Å². The molecule has 0 fully saturated rings. The third-order valence-corrected chi connectivity index (χ3v) is 3.36. The fourth-order valence-corrected chi connectivity index (χ4v) is 2.21. The Kier molecular flexibility index (Phi) is 3.56. The summed E-state index contributed by atoms with van der Waals surface area (Å²) in [5.41, 5.74) is 1.56. The molecule has 4 heteroatoms. The van der Waals surface area contributed by atoms with Crippen molar-refractivity contribution in [3.8, 4) is 0 Å². The Morgan fingerprint density at radius 2 is 1.94 bits per heavy atom. The van der Waals surface area contributed by atoms with Gasteiger partial charge in [-0.15, -0.1) is 11.3 Å². The summed E-state index contributed by atoms with van der Waals surface area (Å²) in [5, 5.41) is 11.7. The summed E-state index contributed by atoms with van der Waals surface area (Å²) in [4.78, 5) is 13.7. The standard InChI is InChI=1S/C13H13NO2S/c1-9-2-7-12(17-9)13(16)14-11-5-3-10(8-15)4-6-11/h2-7,15H,8H2,1H3,(H,14,16). The van der Waals surface area contributed by atoms with Crippen LogP contribution in [-0.2, 0) is 6.61 Å². The summed E-state index contributed by atoms with van der Waals surface area (Å²) in [6.45, 7) is 1.98. The van der Waals surface area contributed by atoms with Gasteiger partial charge in [0.25, 0.3) is 5.91 Å². The Morgan fingerprint density at radius 1 is 1.24 bits per heavy atom. The number of benzene rings is 1. The highest BCUT2D eigenvalue weighted by molar-refractivity contribution is 7.14. The van der Waals surface area contributed by atoms with E-state index in [1.807, 2.05) is 19.1 Å². The number of anilines is 1. The first kappa shape index (κ1) is 11.8. The van der Waals surface area contributed by atoms with E-state index in [0.717, 1.165) is 16.1 Å². The molecule has 2 rings (SSSR count). The minimum Gasteiger partial charge on any atom is -0.392 e. The molecule has 0 unspecified atom stereocenters. The molecule has 17 heavy (non-hydrogen) atoms. The summed E-state index contributed by atoms with van der Waals surface area (Å²) in [6, 6.07) is 10.9. The van der Waals surface area contributed by atoms with Gasteiger partial charge in [-0.1, -0.05) is 12.1 Å². The van der Waals surface area contributed by atoms with Gasteiger partial charge in [0.2, 0.25) is 0 Å². The van der Waals surface area contributed by atoms with E-state index in [0.29, 0.717) is 4.88 Å². The molecule has 0 spiro atoms. The van der Waals surface area contributed by atoms with Crippen LogP contribution < -0.4 is 5.32 Å². The average molecular weight is 247 g/mol. The first-order valence-electron chi connectivity index (χ1n) is 5.26. The van der Waals surface area contributed by atoms with E-state index in [4.69, 9.17) is 5.11 Å². The maximum Gasteiger partial charge on any atom is 0.265 e. The maximum atomic E-state index is 11.8. The molecule has 0 aliphatic rings. The predicted molar refractivity (Wildman–Crippen MR) is 69.4 cm³/mol. The third-order valence-electron chi connectivity index (χ3n) is 2.36. The van der Waals surface area contributed by atoms with Crippen LogP contribution in [0.15, 0.2) is 36.4 Å². The van der Waals surface area contributed by atoms with E-state index < -0.39 is 0 Å². The molecule has 2 aromatic rings. The minimum absolute atomic E-state index is 0.0122. The van der Waals surface area contributed by atoms with Gasteiger partial charge in [0.1, 0.15) is 0 Å². The molecule has 1 aromatic carbocycles. The number of aliphatic hydroxyl groups excluding tert-OH is 1. The van der Waals surface area contributed by atoms with Crippen LogP contribution in [0.25, 0.3) is 0 Å². The van der Waals surface area contributed by atoms with Crippen molar-refractivity contribution in [1.82, 2.24) is 0 Å². The summed E-state index contributed by atoms with van der Waals surface area (Å²) < 4.78 is 0. The Labute approximate surface area is 104 Å². The number of hydrogen-bond acceptors (Lipinski definition) is 3. The normalized spacial score (nSPS) is 10.2. The highest BCUT2D eigenvalue weighted by atomic mass is 32.1. The zero-order valence-electron chi connectivity index (χ0n) is 9.43. The SMILES string of the molecule is Cc1ccc(C(=O)Nc2ccc(CO)cc2)s1. The molecule has 0 atom stereocenters. The van der Waals surface area contributed by atoms with Crippen molar-refractivity contribution in [2.75, 3.05) is 5.32 Å². The summed E-state index contributed by atoms with van der Waals surface area (Å²) >= 11 is 1.47. The highest BCUT2D eigenvalue weighted by Crippen LogP contribution is 2.17. The number of carbonyl (C=O) groups is 1. The molecule has 88 valence electrons. The van der Waals surface area contributed by atoms with Crippen molar-refractivity contribution in [2.45, 2.75) is 13.5 Å². The van der Waals surface area contributed by atoms with Crippen LogP contribution in [0.2, 0.25) is 0 Å². The van der Waals surface area contributed by atoms with Gasteiger partial charge in [0, 0.05) is 10.6 Å². The van der Waals surface area contributed by atoms with E-state index in [2.05, 4.69) is 5.32 Å². The molecule has 1 heterocycles. The number of rotatable bonds is 3. The van der Waals surface area contributed by atoms with Crippen molar-refractivity contribution in [1.29, 1.82) is 0 Å². The van der Waals surface area contributed by atoms with Crippen LogP contribution in [0.3, 0.4) is 0 Å². The van der Waals surface area contributed by atoms with Gasteiger partial charge in [0.05, 0.1) is 11.5 Å². The first-order valence-corrected chi connectivity index (χ1v) is 6.08. The van der Waals surface area contributed by atoms with Gasteiger partial charge in [-0.3, -0.25) is 4.79 Å². The number of thiophene rings is 1. The molecule has 1 aromatic heterocycles. The van der Waals surface area contributed by atoms with Crippen LogP contribution in [-0.4, -0.2) is 11.0 Å². The van der Waals surface area contributed by atoms with Gasteiger partial charge >= 0.3 is 0 Å². The molecule has 1 amide bonds. The minimum atomic E-state index is -0.0974. The van der Waals surface area contributed by atoms with Crippen LogP contribution in [0.1, 0.15) is 20.1 Å². The number of amides is 1. The van der Waals surface area contributed by atoms with Crippen LogP contribution in [0.4, 0.5) is 5.69 Å². The molecule has 0 aliphatic heterocycles. The smallest absolute Gasteiger partial charge is 0.265 e. The van der Waals surface area contributed by atoms with Gasteiger partial charge in [-0.25, -0.2) is 0 Å². The summed E-state index contributed by atoms with van der Waals surface area (Å²) in [5.74, 6) is -0.0974. The number of hydrogen-bond donors (Lipinski definition) is 2. The zero-order chi connectivity index (χ0) is 12.3. The zero-order valence-corrected chi connectivity index (χ0v) is 10.3. The summed E-state index contributed by atoms with van der Waals surface area (Å²) in [7, 11) is 0. The second-order valence-electron chi connectivity index (χ2n) is 3.72. The largest absolute Gasteiger partial charge is 0.392 e. The lowest BCUT2D eigenvalue weighted by atomic mass is 10.2. The Bertz CT molecular complexity index is 516. The lowest BCUT2D eigenvalue weighted by Crippen LogP contribution is -2.09. The van der Waals surface area contributed by atoms with Crippen LogP contribution in [0.5, 0.6) is 0 Å². The monoisotopic (exact) mass is 247 g/mol. The second-order valence-corrected chi connectivity index (χ2v) is 5.01. The van der Waals surface area contributed by atoms with Crippen molar-refractivity contribution in [2.24, 2.45) is 0 Å². The molecule has 3 nitrogen and oxygen atoms in total. The first-order chi connectivity index (χ1) is 8.19. The molecule has 0 aliphatic carbocycles. The van der Waals surface area contributed by atoms with Gasteiger partial charge in [-0.2, -0.15) is 0 Å². The van der Waals surface area contributed by atoms with Gasteiger partial charge in [0.15, 0.2) is 0 Å². The molecular weight excluding hydrogens is 234 g/mol. The van der Waals surface area contributed by atoms with E-state index in [9.17, 15) is 4.79 Å². The summed E-state index contributed by atoms with van der Waals surface area (Å²) in [6.07, 6.45) is 0. The molecule has 0 saturated heterocycles. The topological polar surface area (TPSA) is 49.3 Å². The van der Waals surface area contributed by atoms with Crippen LogP contribution in [0, 0.1) is 6.92 Å². The lowest BCUT2D eigenvalue weighted by molar-refractivity contribution is 0.103. The van der Waals surface area contributed by atoms with E-state index >= 15 is 0 Å². The van der Waals surface area contributed by atoms with Gasteiger partial charge < -0.3 is 10.4 Å². The number of aliphatic hydroxyl groups is 1. The van der Waals surface area contributed by atoms with Crippen LogP contribution >= 0.6 is 11.3 Å². The maximum absolute atomic E-state index is 11.8. The number of carbonyl (C=O) groups excluding carboxylic acids is 1. The fraction of sp³-hybridized carbons (Fsp3) is 0.154. The highest BCUT2D eigenvalue weighted by Gasteiger charge is 2.07. The molecular formula is C13H13NO2S. The molecule has 0 saturated carbocycles.